The largest absolute Gasteiger partial charge is 0.424 e. The van der Waals surface area contributed by atoms with Crippen LogP contribution in [0.5, 0.6) is 0 Å². The summed E-state index contributed by atoms with van der Waals surface area (Å²) in [6, 6.07) is 7.44. The molecule has 0 spiro atoms. The number of nitrogens with zero attached hydrogens (tertiary/aromatic N) is 2. The van der Waals surface area contributed by atoms with E-state index in [2.05, 4.69) is 10.3 Å². The molecule has 0 saturated heterocycles. The molecule has 2 unspecified atom stereocenters. The van der Waals surface area contributed by atoms with E-state index >= 15 is 0 Å². The zero-order valence-corrected chi connectivity index (χ0v) is 14.7. The summed E-state index contributed by atoms with van der Waals surface area (Å²) in [7, 11) is 1.35. The monoisotopic (exact) mass is 392 g/mol. The second kappa shape index (κ2) is 8.52. The number of hydrogen-bond acceptors (Lipinski definition) is 4. The summed E-state index contributed by atoms with van der Waals surface area (Å²) < 4.78 is 41.2. The second-order valence-electron chi connectivity index (χ2n) is 5.65. The number of carbonyl (C=O) groups excluding carboxylic acids is 1. The molecule has 10 heteroatoms. The fourth-order valence-corrected chi connectivity index (χ4v) is 2.43. The van der Waals surface area contributed by atoms with Crippen LogP contribution in [0.3, 0.4) is 0 Å². The first-order valence-electron chi connectivity index (χ1n) is 7.52. The minimum Gasteiger partial charge on any atom is -0.374 e. The Kier molecular flexibility index (Phi) is 7.19. The summed E-state index contributed by atoms with van der Waals surface area (Å²) in [6.45, 7) is -0.414. The van der Waals surface area contributed by atoms with E-state index < -0.39 is 42.5 Å². The number of rotatable bonds is 6. The predicted molar refractivity (Wildman–Crippen MR) is 91.4 cm³/mol. The van der Waals surface area contributed by atoms with Crippen molar-refractivity contribution >= 4 is 18.3 Å². The van der Waals surface area contributed by atoms with Crippen LogP contribution in [0.15, 0.2) is 42.7 Å². The van der Waals surface area contributed by atoms with Gasteiger partial charge in [0.25, 0.3) is 0 Å². The molecule has 4 N–H and O–H groups in total. The number of imidazole rings is 1. The zero-order valence-electron chi connectivity index (χ0n) is 13.9. The van der Waals surface area contributed by atoms with Crippen molar-refractivity contribution in [1.82, 2.24) is 14.9 Å². The van der Waals surface area contributed by atoms with Crippen molar-refractivity contribution in [3.63, 3.8) is 0 Å². The first kappa shape index (κ1) is 21.9. The molecule has 0 saturated carbocycles. The lowest BCUT2D eigenvalue weighted by Crippen LogP contribution is -2.47. The summed E-state index contributed by atoms with van der Waals surface area (Å²) in [6.07, 6.45) is -3.27. The van der Waals surface area contributed by atoms with Gasteiger partial charge < -0.3 is 20.7 Å². The van der Waals surface area contributed by atoms with Gasteiger partial charge in [0.1, 0.15) is 11.9 Å². The topological polar surface area (TPSA) is 93.2 Å². The van der Waals surface area contributed by atoms with Gasteiger partial charge in [-0.1, -0.05) is 30.3 Å². The summed E-state index contributed by atoms with van der Waals surface area (Å²) >= 11 is 0. The maximum Gasteiger partial charge on any atom is 0.424 e. The fraction of sp³-hybridized carbons (Fsp3) is 0.375. The Balaban J connectivity index is 0.00000338. The highest BCUT2D eigenvalue weighted by Gasteiger charge is 2.57. The number of nitrogens with one attached hydrogen (secondary N) is 1. The number of carbonyl (C=O) groups is 1. The van der Waals surface area contributed by atoms with Crippen LogP contribution >= 0.6 is 12.4 Å². The smallest absolute Gasteiger partial charge is 0.374 e. The number of nitrogens with two attached hydrogens (primary N) is 1. The highest BCUT2D eigenvalue weighted by molar-refractivity contribution is 5.85. The molecule has 1 amide bonds. The van der Waals surface area contributed by atoms with E-state index in [0.29, 0.717) is 5.56 Å². The van der Waals surface area contributed by atoms with E-state index in [9.17, 15) is 23.1 Å². The van der Waals surface area contributed by atoms with E-state index in [1.165, 1.54) is 13.2 Å². The van der Waals surface area contributed by atoms with E-state index in [0.717, 1.165) is 10.8 Å². The van der Waals surface area contributed by atoms with Crippen LogP contribution in [0.1, 0.15) is 23.9 Å². The molecular weight excluding hydrogens is 373 g/mol. The molecule has 1 heterocycles. The molecule has 0 aliphatic rings. The lowest BCUT2D eigenvalue weighted by Gasteiger charge is -2.30. The zero-order chi connectivity index (χ0) is 18.7. The Labute approximate surface area is 154 Å². The molecule has 2 aromatic rings. The number of aryl methyl sites for hydroxylation is 1. The van der Waals surface area contributed by atoms with Crippen LogP contribution in [0.2, 0.25) is 0 Å². The van der Waals surface area contributed by atoms with Crippen molar-refractivity contribution in [2.45, 2.75) is 24.2 Å². The lowest BCUT2D eigenvalue weighted by atomic mass is 9.97. The average Bonchev–Trinajstić information content (AvgIpc) is 3.00. The van der Waals surface area contributed by atoms with Crippen LogP contribution in [0, 0.1) is 0 Å². The molecule has 1 aromatic carbocycles. The van der Waals surface area contributed by atoms with Gasteiger partial charge in [0.05, 0.1) is 0 Å². The standard InChI is InChI=1S/C16H19F3N4O2.ClH/c1-23-10-9-22-14(23)15(25,16(17,18)19)7-8-21-13(24)12(20)11-5-3-2-4-6-11;/h2-6,9-10,12,25H,7-8,20H2,1H3,(H,21,24);1H. The molecule has 144 valence electrons. The summed E-state index contributed by atoms with van der Waals surface area (Å²) in [4.78, 5) is 15.6. The van der Waals surface area contributed by atoms with Gasteiger partial charge >= 0.3 is 6.18 Å². The first-order valence-corrected chi connectivity index (χ1v) is 7.52. The van der Waals surface area contributed by atoms with Crippen molar-refractivity contribution in [2.75, 3.05) is 6.54 Å². The maximum atomic E-state index is 13.4. The SMILES string of the molecule is Cl.Cn1ccnc1C(O)(CCNC(=O)C(N)c1ccccc1)C(F)(F)F. The third-order valence-electron chi connectivity index (χ3n) is 3.89. The number of amides is 1. The number of halogens is 4. The van der Waals surface area contributed by atoms with E-state index in [1.807, 2.05) is 0 Å². The van der Waals surface area contributed by atoms with E-state index in [4.69, 9.17) is 5.73 Å². The van der Waals surface area contributed by atoms with Crippen molar-refractivity contribution in [1.29, 1.82) is 0 Å². The molecule has 0 bridgehead atoms. The molecular formula is C16H20ClF3N4O2. The minimum atomic E-state index is -4.95. The second-order valence-corrected chi connectivity index (χ2v) is 5.65. The Morgan fingerprint density at radius 3 is 2.46 bits per heavy atom. The molecule has 2 rings (SSSR count). The molecule has 0 radical (unpaired) electrons. The molecule has 0 fully saturated rings. The molecule has 0 aliphatic carbocycles. The fourth-order valence-electron chi connectivity index (χ4n) is 2.43. The van der Waals surface area contributed by atoms with Gasteiger partial charge in [0, 0.05) is 32.4 Å². The number of benzene rings is 1. The molecule has 26 heavy (non-hydrogen) atoms. The van der Waals surface area contributed by atoms with E-state index in [1.54, 1.807) is 30.3 Å². The predicted octanol–water partition coefficient (Wildman–Crippen LogP) is 1.80. The van der Waals surface area contributed by atoms with Crippen molar-refractivity contribution in [2.24, 2.45) is 12.8 Å². The minimum absolute atomic E-state index is 0. The van der Waals surface area contributed by atoms with Crippen molar-refractivity contribution < 1.29 is 23.1 Å². The first-order chi connectivity index (χ1) is 11.7. The van der Waals surface area contributed by atoms with Gasteiger partial charge in [-0.25, -0.2) is 4.98 Å². The van der Waals surface area contributed by atoms with Gasteiger partial charge in [-0.3, -0.25) is 4.79 Å². The van der Waals surface area contributed by atoms with Crippen molar-refractivity contribution in [3.8, 4) is 0 Å². The van der Waals surface area contributed by atoms with Crippen LogP contribution in [-0.4, -0.2) is 33.3 Å². The Bertz CT molecular complexity index is 724. The maximum absolute atomic E-state index is 13.4. The van der Waals surface area contributed by atoms with Crippen molar-refractivity contribution in [3.05, 3.63) is 54.1 Å². The average molecular weight is 393 g/mol. The molecule has 0 aliphatic heterocycles. The van der Waals surface area contributed by atoms with Crippen LogP contribution < -0.4 is 11.1 Å². The Morgan fingerprint density at radius 2 is 1.96 bits per heavy atom. The number of aliphatic hydroxyl groups is 1. The molecule has 6 nitrogen and oxygen atoms in total. The molecule has 1 aromatic heterocycles. The normalized spacial score (nSPS) is 14.8. The Morgan fingerprint density at radius 1 is 1.35 bits per heavy atom. The highest BCUT2D eigenvalue weighted by Crippen LogP contribution is 2.40. The quantitative estimate of drug-likeness (QED) is 0.698. The van der Waals surface area contributed by atoms with Crippen LogP contribution in [0.4, 0.5) is 13.2 Å². The van der Waals surface area contributed by atoms with Gasteiger partial charge in [-0.05, 0) is 5.56 Å². The number of hydrogen-bond donors (Lipinski definition) is 3. The lowest BCUT2D eigenvalue weighted by molar-refractivity contribution is -0.272. The van der Waals surface area contributed by atoms with Gasteiger partial charge in [-0.2, -0.15) is 13.2 Å². The third-order valence-corrected chi connectivity index (χ3v) is 3.89. The summed E-state index contributed by atoms with van der Waals surface area (Å²) in [5.41, 5.74) is 3.15. The van der Waals surface area contributed by atoms with Crippen LogP contribution in [0.25, 0.3) is 0 Å². The Hall–Kier alpha value is -2.10. The third kappa shape index (κ3) is 4.54. The van der Waals surface area contributed by atoms with E-state index in [-0.39, 0.29) is 12.4 Å². The summed E-state index contributed by atoms with van der Waals surface area (Å²) in [5.74, 6) is -1.17. The molecule has 2 atom stereocenters. The van der Waals surface area contributed by atoms with Crippen LogP contribution in [-0.2, 0) is 17.4 Å². The highest BCUT2D eigenvalue weighted by atomic mass is 35.5. The number of alkyl halides is 3. The van der Waals surface area contributed by atoms with Gasteiger partial charge in [0.15, 0.2) is 0 Å². The summed E-state index contributed by atoms with van der Waals surface area (Å²) in [5, 5.41) is 12.5. The van der Waals surface area contributed by atoms with Gasteiger partial charge in [0.2, 0.25) is 11.5 Å². The number of aromatic nitrogens is 2. The van der Waals surface area contributed by atoms with Gasteiger partial charge in [-0.15, -0.1) is 12.4 Å².